The number of carbonyl (C=O) groups excluding carboxylic acids is 1. The molecule has 4 aliphatic rings. The molecule has 0 unspecified atom stereocenters. The minimum atomic E-state index is -0.727. The van der Waals surface area contributed by atoms with Crippen LogP contribution < -0.4 is 0 Å². The summed E-state index contributed by atoms with van der Waals surface area (Å²) in [5.74, 6) is 1.18. The third kappa shape index (κ3) is 1.94. The number of carbonyl (C=O) groups is 1. The van der Waals surface area contributed by atoms with Crippen molar-refractivity contribution in [3.63, 3.8) is 0 Å². The van der Waals surface area contributed by atoms with Gasteiger partial charge in [-0.2, -0.15) is 0 Å². The van der Waals surface area contributed by atoms with Gasteiger partial charge in [-0.05, 0) is 62.6 Å². The average molecular weight is 325 g/mol. The number of hydrogen-bond donors (Lipinski definition) is 1. The average Bonchev–Trinajstić information content (AvgIpc) is 3.36. The van der Waals surface area contributed by atoms with Crippen LogP contribution in [0, 0.1) is 12.8 Å². The van der Waals surface area contributed by atoms with E-state index >= 15 is 0 Å². The third-order valence-corrected chi connectivity index (χ3v) is 7.31. The number of benzene rings is 1. The van der Waals surface area contributed by atoms with E-state index in [0.717, 1.165) is 31.8 Å². The lowest BCUT2D eigenvalue weighted by Gasteiger charge is -2.63. The molecule has 3 atom stereocenters. The molecule has 3 aliphatic carbocycles. The molecular weight excluding hydrogens is 298 g/mol. The summed E-state index contributed by atoms with van der Waals surface area (Å²) in [4.78, 5) is 15.0. The fourth-order valence-electron chi connectivity index (χ4n) is 5.86. The summed E-state index contributed by atoms with van der Waals surface area (Å²) in [5.41, 5.74) is 2.81. The molecule has 1 aliphatic heterocycles. The van der Waals surface area contributed by atoms with Gasteiger partial charge in [-0.25, -0.2) is 0 Å². The molecule has 2 saturated carbocycles. The Morgan fingerprint density at radius 3 is 2.92 bits per heavy atom. The summed E-state index contributed by atoms with van der Waals surface area (Å²) in [6.45, 7) is 4.29. The molecule has 1 aromatic carbocycles. The predicted molar refractivity (Wildman–Crippen MR) is 93.1 cm³/mol. The molecule has 1 heterocycles. The summed E-state index contributed by atoms with van der Waals surface area (Å²) in [6, 6.07) is 6.88. The van der Waals surface area contributed by atoms with Gasteiger partial charge in [0.15, 0.2) is 0 Å². The first-order chi connectivity index (χ1) is 11.5. The summed E-state index contributed by atoms with van der Waals surface area (Å²) in [6.07, 6.45) is 6.29. The van der Waals surface area contributed by atoms with Gasteiger partial charge in [-0.1, -0.05) is 23.8 Å². The zero-order valence-electron chi connectivity index (χ0n) is 14.6. The molecule has 3 heteroatoms. The van der Waals surface area contributed by atoms with Crippen molar-refractivity contribution in [2.75, 3.05) is 13.1 Å². The van der Waals surface area contributed by atoms with Gasteiger partial charge in [0.05, 0.1) is 5.60 Å². The summed E-state index contributed by atoms with van der Waals surface area (Å²) < 4.78 is 0. The van der Waals surface area contributed by atoms with Gasteiger partial charge in [-0.15, -0.1) is 0 Å². The zero-order valence-corrected chi connectivity index (χ0v) is 14.6. The van der Waals surface area contributed by atoms with E-state index in [9.17, 15) is 9.90 Å². The van der Waals surface area contributed by atoms with E-state index in [1.54, 1.807) is 0 Å². The molecule has 0 spiro atoms. The summed E-state index contributed by atoms with van der Waals surface area (Å²) >= 11 is 0. The Kier molecular flexibility index (Phi) is 3.10. The molecule has 2 bridgehead atoms. The van der Waals surface area contributed by atoms with Crippen LogP contribution in [-0.2, 0) is 16.6 Å². The maximum absolute atomic E-state index is 12.4. The number of piperidine rings is 1. The Morgan fingerprint density at radius 2 is 2.12 bits per heavy atom. The van der Waals surface area contributed by atoms with E-state index in [1.165, 1.54) is 29.5 Å². The van der Waals surface area contributed by atoms with E-state index in [0.29, 0.717) is 25.0 Å². The first-order valence-electron chi connectivity index (χ1n) is 9.60. The van der Waals surface area contributed by atoms with Gasteiger partial charge in [0.2, 0.25) is 0 Å². The summed E-state index contributed by atoms with van der Waals surface area (Å²) in [7, 11) is 0. The number of Topliss-reactive ketones (excluding diaryl/α,β-unsaturated/α-hetero) is 1. The molecule has 0 aromatic heterocycles. The number of ketones is 1. The predicted octanol–water partition coefficient (Wildman–Crippen LogP) is 2.76. The lowest BCUT2D eigenvalue weighted by molar-refractivity contribution is -0.172. The third-order valence-electron chi connectivity index (χ3n) is 7.31. The molecule has 0 amide bonds. The topological polar surface area (TPSA) is 40.5 Å². The van der Waals surface area contributed by atoms with Gasteiger partial charge < -0.3 is 5.11 Å². The molecule has 1 N–H and O–H groups in total. The molecule has 5 rings (SSSR count). The lowest BCUT2D eigenvalue weighted by Crippen LogP contribution is -2.73. The van der Waals surface area contributed by atoms with Gasteiger partial charge in [-0.3, -0.25) is 9.69 Å². The lowest BCUT2D eigenvalue weighted by atomic mass is 9.49. The van der Waals surface area contributed by atoms with Crippen LogP contribution >= 0.6 is 0 Å². The van der Waals surface area contributed by atoms with E-state index in [1.807, 2.05) is 0 Å². The smallest absolute Gasteiger partial charge is 0.134 e. The zero-order chi connectivity index (χ0) is 16.5. The highest BCUT2D eigenvalue weighted by molar-refractivity contribution is 5.82. The van der Waals surface area contributed by atoms with Crippen molar-refractivity contribution < 1.29 is 9.90 Å². The Hall–Kier alpha value is -1.19. The Labute approximate surface area is 144 Å². The van der Waals surface area contributed by atoms with Crippen LogP contribution in [0.15, 0.2) is 18.2 Å². The van der Waals surface area contributed by atoms with Crippen LogP contribution in [0.4, 0.5) is 0 Å². The van der Waals surface area contributed by atoms with Crippen LogP contribution in [0.3, 0.4) is 0 Å². The fraction of sp³-hybridized carbons (Fsp3) is 0.667. The quantitative estimate of drug-likeness (QED) is 0.909. The number of aliphatic hydroxyl groups is 1. The standard InChI is InChI=1S/C21H27NO2/c1-14-2-5-16-11-19-21(24)7-6-17(23)12-20(21,18(16)10-14)8-9-22(19)13-15-3-4-15/h2,5,10,15,19,24H,3-4,6-9,11-13H2,1H3/t19-,20-,21-/m1/s1. The second kappa shape index (κ2) is 4.92. The van der Waals surface area contributed by atoms with Crippen LogP contribution in [0.2, 0.25) is 0 Å². The minimum Gasteiger partial charge on any atom is -0.387 e. The van der Waals surface area contributed by atoms with Crippen molar-refractivity contribution in [3.05, 3.63) is 34.9 Å². The molecule has 1 saturated heterocycles. The van der Waals surface area contributed by atoms with Crippen molar-refractivity contribution in [1.29, 1.82) is 0 Å². The van der Waals surface area contributed by atoms with Crippen molar-refractivity contribution >= 4 is 5.78 Å². The maximum Gasteiger partial charge on any atom is 0.134 e. The fourth-order valence-corrected chi connectivity index (χ4v) is 5.86. The minimum absolute atomic E-state index is 0.190. The number of aryl methyl sites for hydroxylation is 1. The van der Waals surface area contributed by atoms with Crippen LogP contribution in [0.1, 0.15) is 55.2 Å². The monoisotopic (exact) mass is 325 g/mol. The molecule has 3 fully saturated rings. The molecular formula is C21H27NO2. The van der Waals surface area contributed by atoms with Crippen LogP contribution in [-0.4, -0.2) is 40.5 Å². The van der Waals surface area contributed by atoms with Crippen molar-refractivity contribution in [1.82, 2.24) is 4.90 Å². The molecule has 128 valence electrons. The van der Waals surface area contributed by atoms with E-state index in [2.05, 4.69) is 30.0 Å². The van der Waals surface area contributed by atoms with Gasteiger partial charge in [0.25, 0.3) is 0 Å². The SMILES string of the molecule is Cc1ccc2c(c1)[C@]13CCN(CC4CC4)[C@H](C2)[C@]1(O)CCC(=O)C3. The Morgan fingerprint density at radius 1 is 1.29 bits per heavy atom. The molecule has 24 heavy (non-hydrogen) atoms. The highest BCUT2D eigenvalue weighted by Gasteiger charge is 2.64. The van der Waals surface area contributed by atoms with Crippen molar-refractivity contribution in [2.24, 2.45) is 5.92 Å². The molecule has 3 nitrogen and oxygen atoms in total. The Balaban J connectivity index is 1.65. The summed E-state index contributed by atoms with van der Waals surface area (Å²) in [5, 5.41) is 11.9. The van der Waals surface area contributed by atoms with Gasteiger partial charge >= 0.3 is 0 Å². The van der Waals surface area contributed by atoms with Crippen LogP contribution in [0.25, 0.3) is 0 Å². The largest absolute Gasteiger partial charge is 0.387 e. The molecule has 0 radical (unpaired) electrons. The van der Waals surface area contributed by atoms with E-state index < -0.39 is 5.60 Å². The van der Waals surface area contributed by atoms with E-state index in [4.69, 9.17) is 0 Å². The number of rotatable bonds is 2. The second-order valence-electron chi connectivity index (χ2n) is 8.79. The number of hydrogen-bond acceptors (Lipinski definition) is 3. The second-order valence-corrected chi connectivity index (χ2v) is 8.79. The first-order valence-corrected chi connectivity index (χ1v) is 9.60. The highest BCUT2D eigenvalue weighted by Crippen LogP contribution is 2.57. The maximum atomic E-state index is 12.4. The number of fused-ring (bicyclic) bond motifs is 1. The van der Waals surface area contributed by atoms with Crippen molar-refractivity contribution in [2.45, 2.75) is 68.9 Å². The number of nitrogens with zero attached hydrogens (tertiary/aromatic N) is 1. The van der Waals surface area contributed by atoms with Crippen molar-refractivity contribution in [3.8, 4) is 0 Å². The molecule has 1 aromatic rings. The first kappa shape index (κ1) is 15.1. The highest BCUT2D eigenvalue weighted by atomic mass is 16.3. The number of likely N-dealkylation sites (tertiary alicyclic amines) is 1. The normalized spacial score (nSPS) is 38.6. The van der Waals surface area contributed by atoms with Gasteiger partial charge in [0.1, 0.15) is 5.78 Å². The Bertz CT molecular complexity index is 710. The van der Waals surface area contributed by atoms with E-state index in [-0.39, 0.29) is 11.5 Å². The van der Waals surface area contributed by atoms with Gasteiger partial charge in [0, 0.05) is 30.8 Å². The van der Waals surface area contributed by atoms with Crippen LogP contribution in [0.5, 0.6) is 0 Å².